The minimum atomic E-state index is -1.07. The molecule has 0 radical (unpaired) electrons. The van der Waals surface area contributed by atoms with Crippen LogP contribution < -0.4 is 5.32 Å². The second-order valence-corrected chi connectivity index (χ2v) is 5.40. The average molecular weight is 288 g/mol. The molecule has 0 aromatic rings. The number of ether oxygens (including phenoxy) is 1. The van der Waals surface area contributed by atoms with Crippen LogP contribution in [0.5, 0.6) is 0 Å². The summed E-state index contributed by atoms with van der Waals surface area (Å²) in [6.45, 7) is 0.299. The van der Waals surface area contributed by atoms with E-state index in [1.54, 1.807) is 7.05 Å². The molecular weight excluding hydrogens is 276 g/mol. The molecule has 2 rings (SSSR count). The standard InChI is InChI=1S/C10H12N2O4S2/c1-11-10(17)16-3-2-5-8(9(14)15)12-6(13)4-7(12)18-5/h7H,2-4H2,1H3,(H,11,17)(H,14,15). The lowest BCUT2D eigenvalue weighted by molar-refractivity contribution is -0.145. The molecule has 2 aliphatic rings. The number of carbonyl (C=O) groups is 2. The van der Waals surface area contributed by atoms with Gasteiger partial charge in [-0.2, -0.15) is 0 Å². The molecule has 2 heterocycles. The Balaban J connectivity index is 2.00. The topological polar surface area (TPSA) is 78.9 Å². The number of thioether (sulfide) groups is 1. The van der Waals surface area contributed by atoms with Crippen molar-refractivity contribution in [3.05, 3.63) is 10.6 Å². The normalized spacial score (nSPS) is 21.5. The van der Waals surface area contributed by atoms with Crippen LogP contribution in [0, 0.1) is 0 Å². The summed E-state index contributed by atoms with van der Waals surface area (Å²) in [4.78, 5) is 24.5. The van der Waals surface area contributed by atoms with E-state index in [1.807, 2.05) is 0 Å². The van der Waals surface area contributed by atoms with Crippen LogP contribution in [0.4, 0.5) is 0 Å². The number of carbonyl (C=O) groups excluding carboxylic acids is 1. The zero-order valence-corrected chi connectivity index (χ0v) is 11.3. The van der Waals surface area contributed by atoms with Gasteiger partial charge in [0, 0.05) is 18.4 Å². The van der Waals surface area contributed by atoms with Crippen molar-refractivity contribution in [3.8, 4) is 0 Å². The van der Waals surface area contributed by atoms with Gasteiger partial charge in [0.15, 0.2) is 0 Å². The number of nitrogens with zero attached hydrogens (tertiary/aromatic N) is 1. The van der Waals surface area contributed by atoms with Crippen LogP contribution in [-0.2, 0) is 14.3 Å². The SMILES string of the molecule is CNC(=S)OCCC1=C(C(=O)O)N2C(=O)CC2S1. The Morgan fingerprint density at radius 3 is 3.00 bits per heavy atom. The van der Waals surface area contributed by atoms with Crippen LogP contribution in [0.2, 0.25) is 0 Å². The van der Waals surface area contributed by atoms with Crippen LogP contribution in [-0.4, -0.2) is 46.1 Å². The highest BCUT2D eigenvalue weighted by atomic mass is 32.2. The van der Waals surface area contributed by atoms with Crippen molar-refractivity contribution < 1.29 is 19.4 Å². The molecule has 98 valence electrons. The van der Waals surface area contributed by atoms with E-state index in [0.717, 1.165) is 0 Å². The van der Waals surface area contributed by atoms with Crippen molar-refractivity contribution >= 4 is 41.0 Å². The maximum absolute atomic E-state index is 11.4. The number of carboxylic acid groups (broad SMARTS) is 1. The molecule has 0 spiro atoms. The lowest BCUT2D eigenvalue weighted by Gasteiger charge is -2.33. The van der Waals surface area contributed by atoms with Gasteiger partial charge in [-0.3, -0.25) is 9.69 Å². The van der Waals surface area contributed by atoms with E-state index in [-0.39, 0.29) is 22.2 Å². The van der Waals surface area contributed by atoms with Gasteiger partial charge in [-0.15, -0.1) is 11.8 Å². The summed E-state index contributed by atoms with van der Waals surface area (Å²) in [7, 11) is 1.65. The molecule has 18 heavy (non-hydrogen) atoms. The van der Waals surface area contributed by atoms with Gasteiger partial charge >= 0.3 is 5.97 Å². The zero-order valence-electron chi connectivity index (χ0n) is 9.63. The summed E-state index contributed by atoms with van der Waals surface area (Å²) in [5.74, 6) is -1.20. The quantitative estimate of drug-likeness (QED) is 0.576. The molecule has 2 N–H and O–H groups in total. The highest BCUT2D eigenvalue weighted by molar-refractivity contribution is 8.04. The minimum Gasteiger partial charge on any atom is -0.477 e. The van der Waals surface area contributed by atoms with Gasteiger partial charge in [0.05, 0.1) is 18.4 Å². The van der Waals surface area contributed by atoms with Crippen molar-refractivity contribution in [3.63, 3.8) is 0 Å². The molecule has 8 heteroatoms. The van der Waals surface area contributed by atoms with Crippen molar-refractivity contribution in [1.82, 2.24) is 10.2 Å². The number of fused-ring (bicyclic) bond motifs is 1. The Hall–Kier alpha value is -1.28. The number of hydrogen-bond acceptors (Lipinski definition) is 5. The van der Waals surface area contributed by atoms with Crippen LogP contribution in [0.3, 0.4) is 0 Å². The first-order chi connectivity index (χ1) is 8.54. The van der Waals surface area contributed by atoms with Crippen LogP contribution >= 0.6 is 24.0 Å². The monoisotopic (exact) mass is 288 g/mol. The highest BCUT2D eigenvalue weighted by Gasteiger charge is 2.48. The van der Waals surface area contributed by atoms with Gasteiger partial charge in [-0.05, 0) is 12.2 Å². The Kier molecular flexibility index (Phi) is 3.76. The number of thiocarbonyl (C=S) groups is 1. The summed E-state index contributed by atoms with van der Waals surface area (Å²) in [5.41, 5.74) is 0.0974. The van der Waals surface area contributed by atoms with E-state index < -0.39 is 5.97 Å². The third kappa shape index (κ3) is 2.30. The summed E-state index contributed by atoms with van der Waals surface area (Å²) < 4.78 is 5.18. The molecule has 1 amide bonds. The average Bonchev–Trinajstić information content (AvgIpc) is 2.61. The van der Waals surface area contributed by atoms with Gasteiger partial charge in [0.2, 0.25) is 5.91 Å². The van der Waals surface area contributed by atoms with Gasteiger partial charge in [-0.1, -0.05) is 0 Å². The van der Waals surface area contributed by atoms with Gasteiger partial charge in [0.1, 0.15) is 5.70 Å². The maximum atomic E-state index is 11.4. The molecule has 0 aliphatic carbocycles. The number of carboxylic acids is 1. The first-order valence-electron chi connectivity index (χ1n) is 5.34. The lowest BCUT2D eigenvalue weighted by atomic mass is 10.1. The summed E-state index contributed by atoms with van der Waals surface area (Å²) in [6.07, 6.45) is 0.842. The van der Waals surface area contributed by atoms with E-state index in [4.69, 9.17) is 22.1 Å². The molecule has 1 fully saturated rings. The lowest BCUT2D eigenvalue weighted by Crippen LogP contribution is -2.48. The number of amides is 1. The fourth-order valence-corrected chi connectivity index (χ4v) is 3.28. The first kappa shape index (κ1) is 13.2. The van der Waals surface area contributed by atoms with Crippen LogP contribution in [0.15, 0.2) is 10.6 Å². The predicted octanol–water partition coefficient (Wildman–Crippen LogP) is 0.499. The summed E-state index contributed by atoms with van der Waals surface area (Å²) in [6, 6.07) is 0. The molecule has 2 aliphatic heterocycles. The minimum absolute atomic E-state index is 0.0464. The molecular formula is C10H12N2O4S2. The molecule has 0 aromatic carbocycles. The predicted molar refractivity (Wildman–Crippen MR) is 69.7 cm³/mol. The van der Waals surface area contributed by atoms with Gasteiger partial charge in [0.25, 0.3) is 5.17 Å². The second-order valence-electron chi connectivity index (χ2n) is 3.75. The van der Waals surface area contributed by atoms with Gasteiger partial charge in [-0.25, -0.2) is 4.79 Å². The van der Waals surface area contributed by atoms with Crippen molar-refractivity contribution in [2.75, 3.05) is 13.7 Å². The Morgan fingerprint density at radius 1 is 1.72 bits per heavy atom. The maximum Gasteiger partial charge on any atom is 0.353 e. The molecule has 0 aromatic heterocycles. The number of hydrogen-bond donors (Lipinski definition) is 2. The van der Waals surface area contributed by atoms with Crippen LogP contribution in [0.1, 0.15) is 12.8 Å². The largest absolute Gasteiger partial charge is 0.477 e. The number of nitrogens with one attached hydrogen (secondary N) is 1. The van der Waals surface area contributed by atoms with E-state index >= 15 is 0 Å². The molecule has 1 unspecified atom stereocenters. The molecule has 6 nitrogen and oxygen atoms in total. The Morgan fingerprint density at radius 2 is 2.44 bits per heavy atom. The zero-order chi connectivity index (χ0) is 13.3. The molecule has 1 saturated heterocycles. The summed E-state index contributed by atoms with van der Waals surface area (Å²) >= 11 is 6.24. The third-order valence-electron chi connectivity index (χ3n) is 2.66. The molecule has 0 saturated carbocycles. The van der Waals surface area contributed by atoms with E-state index in [9.17, 15) is 9.59 Å². The first-order valence-corrected chi connectivity index (χ1v) is 6.63. The van der Waals surface area contributed by atoms with E-state index in [1.165, 1.54) is 16.7 Å². The Bertz CT molecular complexity index is 449. The highest BCUT2D eigenvalue weighted by Crippen LogP contribution is 2.47. The van der Waals surface area contributed by atoms with Crippen LogP contribution in [0.25, 0.3) is 0 Å². The van der Waals surface area contributed by atoms with Crippen molar-refractivity contribution in [2.45, 2.75) is 18.2 Å². The summed E-state index contributed by atoms with van der Waals surface area (Å²) in [5, 5.41) is 12.0. The van der Waals surface area contributed by atoms with Crippen molar-refractivity contribution in [1.29, 1.82) is 0 Å². The number of β-lactam (4-membered cyclic amide) rings is 1. The number of rotatable bonds is 4. The fourth-order valence-electron chi connectivity index (χ4n) is 1.81. The van der Waals surface area contributed by atoms with E-state index in [2.05, 4.69) is 5.32 Å². The Labute approximate surface area is 113 Å². The fraction of sp³-hybridized carbons (Fsp3) is 0.500. The third-order valence-corrected chi connectivity index (χ3v) is 4.31. The van der Waals surface area contributed by atoms with Crippen molar-refractivity contribution in [2.24, 2.45) is 0 Å². The van der Waals surface area contributed by atoms with E-state index in [0.29, 0.717) is 24.4 Å². The smallest absolute Gasteiger partial charge is 0.353 e. The number of aliphatic carboxylic acids is 1. The molecule has 1 atom stereocenters. The molecule has 0 bridgehead atoms. The van der Waals surface area contributed by atoms with Gasteiger partial charge < -0.3 is 15.2 Å². The second kappa shape index (κ2) is 5.15.